The van der Waals surface area contributed by atoms with E-state index in [1.165, 1.54) is 7.11 Å². The number of ether oxygens (including phenoxy) is 3. The van der Waals surface area contributed by atoms with Crippen LogP contribution in [0.25, 0.3) is 0 Å². The molecule has 0 bridgehead atoms. The third-order valence-electron chi connectivity index (χ3n) is 3.15. The fourth-order valence-corrected chi connectivity index (χ4v) is 2.87. The zero-order chi connectivity index (χ0) is 17.0. The predicted octanol–water partition coefficient (Wildman–Crippen LogP) is 1.45. The number of carbonyl (C=O) groups is 1. The number of methoxy groups -OCH3 is 3. The van der Waals surface area contributed by atoms with Crippen molar-refractivity contribution >= 4 is 22.4 Å². The number of anilines is 1. The van der Waals surface area contributed by atoms with Crippen LogP contribution in [0.4, 0.5) is 5.13 Å². The van der Waals surface area contributed by atoms with Crippen LogP contribution in [0.2, 0.25) is 0 Å². The lowest BCUT2D eigenvalue weighted by atomic mass is 10.2. The molecular weight excluding hydrogens is 320 g/mol. The Morgan fingerprint density at radius 3 is 2.26 bits per heavy atom. The quantitative estimate of drug-likeness (QED) is 0.817. The summed E-state index contributed by atoms with van der Waals surface area (Å²) in [4.78, 5) is 15.2. The number of hydrogen-bond donors (Lipinski definition) is 1. The highest BCUT2D eigenvalue weighted by Crippen LogP contribution is 2.38. The molecule has 23 heavy (non-hydrogen) atoms. The molecule has 7 nitrogen and oxygen atoms in total. The van der Waals surface area contributed by atoms with E-state index < -0.39 is 5.97 Å². The second-order valence-corrected chi connectivity index (χ2v) is 5.61. The molecule has 0 aliphatic heterocycles. The van der Waals surface area contributed by atoms with Gasteiger partial charge in [-0.2, -0.15) is 0 Å². The molecule has 8 heteroatoms. The number of hydrogen-bond acceptors (Lipinski definition) is 8. The summed E-state index contributed by atoms with van der Waals surface area (Å²) < 4.78 is 15.9. The summed E-state index contributed by atoms with van der Waals surface area (Å²) in [6.07, 6.45) is 0. The van der Waals surface area contributed by atoms with E-state index in [1.807, 2.05) is 12.1 Å². The third-order valence-corrected chi connectivity index (χ3v) is 4.25. The highest BCUT2D eigenvalue weighted by atomic mass is 32.1. The maximum atomic E-state index is 10.9. The zero-order valence-electron chi connectivity index (χ0n) is 13.3. The van der Waals surface area contributed by atoms with Crippen LogP contribution in [-0.2, 0) is 6.54 Å². The number of benzene rings is 1. The summed E-state index contributed by atoms with van der Waals surface area (Å²) in [6, 6.07) is 3.63. The number of nitrogens with zero attached hydrogens (tertiary/aromatic N) is 1. The molecule has 2 aromatic rings. The van der Waals surface area contributed by atoms with Gasteiger partial charge < -0.3 is 29.4 Å². The lowest BCUT2D eigenvalue weighted by Gasteiger charge is -2.14. The zero-order valence-corrected chi connectivity index (χ0v) is 14.1. The lowest BCUT2D eigenvalue weighted by Crippen LogP contribution is -2.21. The Kier molecular flexibility index (Phi) is 5.28. The van der Waals surface area contributed by atoms with Crippen LogP contribution in [0.5, 0.6) is 17.2 Å². The fourth-order valence-electron chi connectivity index (χ4n) is 2.08. The van der Waals surface area contributed by atoms with Crippen molar-refractivity contribution in [2.75, 3.05) is 26.6 Å². The van der Waals surface area contributed by atoms with Gasteiger partial charge in [-0.1, -0.05) is 11.3 Å². The number of thiazole rings is 1. The Balaban J connectivity index is 2.20. The molecule has 0 atom stereocenters. The van der Waals surface area contributed by atoms with Crippen molar-refractivity contribution in [2.24, 2.45) is 0 Å². The molecule has 1 aromatic heterocycles. The highest BCUT2D eigenvalue weighted by Gasteiger charge is 2.14. The van der Waals surface area contributed by atoms with Crippen LogP contribution in [0, 0.1) is 6.92 Å². The Labute approximate surface area is 137 Å². The van der Waals surface area contributed by atoms with Crippen molar-refractivity contribution in [2.45, 2.75) is 13.5 Å². The van der Waals surface area contributed by atoms with E-state index in [1.54, 1.807) is 21.1 Å². The fraction of sp³-hybridized carbons (Fsp3) is 0.333. The van der Waals surface area contributed by atoms with E-state index in [-0.39, 0.29) is 4.88 Å². The second kappa shape index (κ2) is 7.19. The normalized spacial score (nSPS) is 10.3. The molecule has 0 unspecified atom stereocenters. The molecule has 0 fully saturated rings. The number of carboxylic acid groups (broad SMARTS) is 1. The Bertz CT molecular complexity index is 689. The lowest BCUT2D eigenvalue weighted by molar-refractivity contribution is -0.254. The van der Waals surface area contributed by atoms with Crippen molar-refractivity contribution in [3.8, 4) is 17.2 Å². The summed E-state index contributed by atoms with van der Waals surface area (Å²) >= 11 is 1.04. The van der Waals surface area contributed by atoms with Crippen molar-refractivity contribution in [1.29, 1.82) is 0 Å². The minimum absolute atomic E-state index is 0.123. The van der Waals surface area contributed by atoms with Crippen LogP contribution in [0.15, 0.2) is 12.1 Å². The molecule has 0 radical (unpaired) electrons. The van der Waals surface area contributed by atoms with Gasteiger partial charge in [0.05, 0.1) is 37.9 Å². The van der Waals surface area contributed by atoms with Gasteiger partial charge in [0.15, 0.2) is 16.6 Å². The van der Waals surface area contributed by atoms with Gasteiger partial charge in [0.1, 0.15) is 0 Å². The van der Waals surface area contributed by atoms with Gasteiger partial charge in [0.25, 0.3) is 0 Å². The highest BCUT2D eigenvalue weighted by molar-refractivity contribution is 7.17. The van der Waals surface area contributed by atoms with Crippen molar-refractivity contribution in [1.82, 2.24) is 4.98 Å². The van der Waals surface area contributed by atoms with E-state index in [0.717, 1.165) is 16.9 Å². The van der Waals surface area contributed by atoms with Crippen LogP contribution in [0.1, 0.15) is 20.9 Å². The van der Waals surface area contributed by atoms with E-state index in [2.05, 4.69) is 10.3 Å². The maximum absolute atomic E-state index is 10.9. The Morgan fingerprint density at radius 1 is 1.22 bits per heavy atom. The van der Waals surface area contributed by atoms with Crippen molar-refractivity contribution in [3.63, 3.8) is 0 Å². The molecule has 124 valence electrons. The van der Waals surface area contributed by atoms with E-state index in [0.29, 0.717) is 34.6 Å². The average molecular weight is 337 g/mol. The molecule has 0 aliphatic rings. The van der Waals surface area contributed by atoms with Gasteiger partial charge in [0, 0.05) is 6.54 Å². The number of carboxylic acids is 1. The SMILES string of the molecule is COc1cc(CNc2nc(C)c(C(=O)[O-])s2)cc(OC)c1OC. The second-order valence-electron chi connectivity index (χ2n) is 4.61. The minimum atomic E-state index is -1.22. The first-order valence-corrected chi connectivity index (χ1v) is 7.53. The predicted molar refractivity (Wildman–Crippen MR) is 84.6 cm³/mol. The average Bonchev–Trinajstić information content (AvgIpc) is 2.92. The molecule has 0 saturated heterocycles. The van der Waals surface area contributed by atoms with E-state index in [9.17, 15) is 9.90 Å². The molecule has 0 spiro atoms. The molecule has 0 amide bonds. The molecular formula is C15H17N2O5S-. The first-order valence-electron chi connectivity index (χ1n) is 6.71. The van der Waals surface area contributed by atoms with Gasteiger partial charge in [-0.3, -0.25) is 0 Å². The monoisotopic (exact) mass is 337 g/mol. The first kappa shape index (κ1) is 16.9. The largest absolute Gasteiger partial charge is 0.544 e. The number of carbonyl (C=O) groups excluding carboxylic acids is 1. The number of rotatable bonds is 7. The number of aryl methyl sites for hydroxylation is 1. The van der Waals surface area contributed by atoms with Gasteiger partial charge in [-0.05, 0) is 24.6 Å². The van der Waals surface area contributed by atoms with E-state index >= 15 is 0 Å². The third kappa shape index (κ3) is 3.65. The van der Waals surface area contributed by atoms with Crippen LogP contribution < -0.4 is 24.6 Å². The smallest absolute Gasteiger partial charge is 0.203 e. The molecule has 1 aromatic carbocycles. The summed E-state index contributed by atoms with van der Waals surface area (Å²) in [6.45, 7) is 2.06. The van der Waals surface area contributed by atoms with Crippen molar-refractivity contribution < 1.29 is 24.1 Å². The molecule has 0 saturated carbocycles. The summed E-state index contributed by atoms with van der Waals surface area (Å²) in [7, 11) is 4.63. The maximum Gasteiger partial charge on any atom is 0.203 e. The van der Waals surface area contributed by atoms with Crippen LogP contribution >= 0.6 is 11.3 Å². The minimum Gasteiger partial charge on any atom is -0.544 e. The Morgan fingerprint density at radius 2 is 1.83 bits per heavy atom. The van der Waals surface area contributed by atoms with Gasteiger partial charge in [-0.25, -0.2) is 4.98 Å². The molecule has 0 aliphatic carbocycles. The molecule has 1 heterocycles. The van der Waals surface area contributed by atoms with Gasteiger partial charge in [0.2, 0.25) is 5.75 Å². The summed E-state index contributed by atoms with van der Waals surface area (Å²) in [5, 5.41) is 14.5. The van der Waals surface area contributed by atoms with Crippen molar-refractivity contribution in [3.05, 3.63) is 28.3 Å². The first-order chi connectivity index (χ1) is 11.0. The summed E-state index contributed by atoms with van der Waals surface area (Å²) in [5.41, 5.74) is 1.31. The topological polar surface area (TPSA) is 92.7 Å². The van der Waals surface area contributed by atoms with Gasteiger partial charge in [-0.15, -0.1) is 0 Å². The van der Waals surface area contributed by atoms with E-state index in [4.69, 9.17) is 14.2 Å². The molecule has 2 rings (SSSR count). The number of aromatic carboxylic acids is 1. The number of aromatic nitrogens is 1. The van der Waals surface area contributed by atoms with Crippen LogP contribution in [0.3, 0.4) is 0 Å². The number of nitrogens with one attached hydrogen (secondary N) is 1. The van der Waals surface area contributed by atoms with Crippen LogP contribution in [-0.4, -0.2) is 32.3 Å². The Hall–Kier alpha value is -2.48. The van der Waals surface area contributed by atoms with Gasteiger partial charge >= 0.3 is 0 Å². The molecule has 1 N–H and O–H groups in total. The summed E-state index contributed by atoms with van der Waals surface area (Å²) in [5.74, 6) is 0.396. The standard InChI is InChI=1S/C15H18N2O5S/c1-8-13(14(18)19)23-15(17-8)16-7-9-5-10(20-2)12(22-4)11(6-9)21-3/h5-6H,7H2,1-4H3,(H,16,17)(H,18,19)/p-1.